The first kappa shape index (κ1) is 11.0. The second kappa shape index (κ2) is 5.01. The van der Waals surface area contributed by atoms with Gasteiger partial charge in [0.05, 0.1) is 0 Å². The summed E-state index contributed by atoms with van der Waals surface area (Å²) >= 11 is 9.49. The summed E-state index contributed by atoms with van der Waals surface area (Å²) in [6, 6.07) is 0. The fourth-order valence-corrected chi connectivity index (χ4v) is 16.2. The maximum atomic E-state index is 5.04. The SMILES string of the molecule is S[PH]1(C2CCCCCC2)SCCS1. The van der Waals surface area contributed by atoms with E-state index in [4.69, 9.17) is 12.2 Å². The fraction of sp³-hybridized carbons (Fsp3) is 1.00. The summed E-state index contributed by atoms with van der Waals surface area (Å²) in [5, 5.41) is 0. The van der Waals surface area contributed by atoms with Crippen molar-refractivity contribution in [1.29, 1.82) is 0 Å². The van der Waals surface area contributed by atoms with Crippen LogP contribution in [-0.4, -0.2) is 17.2 Å². The maximum absolute atomic E-state index is 5.04. The van der Waals surface area contributed by atoms with Gasteiger partial charge in [0.25, 0.3) is 0 Å². The molecular formula is C9H19PS3. The fourth-order valence-electron chi connectivity index (χ4n) is 2.30. The summed E-state index contributed by atoms with van der Waals surface area (Å²) in [6.07, 6.45) is 8.86. The summed E-state index contributed by atoms with van der Waals surface area (Å²) in [6.45, 7) is 0. The molecule has 1 saturated carbocycles. The second-order valence-corrected chi connectivity index (χ2v) is 17.8. The Hall–Kier alpha value is 1.48. The van der Waals surface area contributed by atoms with Crippen LogP contribution < -0.4 is 0 Å². The number of thiol groups is 1. The zero-order valence-electron chi connectivity index (χ0n) is 8.00. The number of hydrogen-bond donors (Lipinski definition) is 1. The summed E-state index contributed by atoms with van der Waals surface area (Å²) in [4.78, 5) is -1.19. The Morgan fingerprint density at radius 3 is 2.00 bits per heavy atom. The molecule has 0 spiro atoms. The van der Waals surface area contributed by atoms with Crippen LogP contribution in [0.5, 0.6) is 0 Å². The molecule has 0 radical (unpaired) electrons. The average Bonchev–Trinajstić information content (AvgIpc) is 2.44. The van der Waals surface area contributed by atoms with Crippen molar-refractivity contribution in [3.63, 3.8) is 0 Å². The molecule has 1 saturated heterocycles. The van der Waals surface area contributed by atoms with Crippen LogP contribution in [0, 0.1) is 0 Å². The molecule has 2 rings (SSSR count). The van der Waals surface area contributed by atoms with Crippen molar-refractivity contribution in [1.82, 2.24) is 0 Å². The molecule has 2 fully saturated rings. The molecule has 0 aromatic heterocycles. The van der Waals surface area contributed by atoms with Crippen LogP contribution in [0.25, 0.3) is 0 Å². The van der Waals surface area contributed by atoms with Crippen molar-refractivity contribution >= 4 is 39.9 Å². The van der Waals surface area contributed by atoms with Gasteiger partial charge >= 0.3 is 95.6 Å². The van der Waals surface area contributed by atoms with Gasteiger partial charge in [-0.1, -0.05) is 0 Å². The third kappa shape index (κ3) is 2.74. The molecule has 0 bridgehead atoms. The Kier molecular flexibility index (Phi) is 4.23. The third-order valence-electron chi connectivity index (χ3n) is 3.07. The molecule has 78 valence electrons. The summed E-state index contributed by atoms with van der Waals surface area (Å²) in [5.74, 6) is 2.74. The first-order valence-corrected chi connectivity index (χ1v) is 12.1. The molecule has 0 unspecified atom stereocenters. The normalized spacial score (nSPS) is 32.7. The molecule has 0 amide bonds. The van der Waals surface area contributed by atoms with Crippen LogP contribution in [0.3, 0.4) is 0 Å². The van der Waals surface area contributed by atoms with Gasteiger partial charge in [-0.3, -0.25) is 0 Å². The van der Waals surface area contributed by atoms with E-state index in [1.165, 1.54) is 50.0 Å². The van der Waals surface area contributed by atoms with Crippen molar-refractivity contribution in [2.45, 2.75) is 44.2 Å². The predicted molar refractivity (Wildman–Crippen MR) is 73.7 cm³/mol. The van der Waals surface area contributed by atoms with E-state index >= 15 is 0 Å². The van der Waals surface area contributed by atoms with E-state index in [0.29, 0.717) is 0 Å². The standard InChI is InChI=1S/C9H19PS3/c11-10(12-7-8-13-10)9-5-3-1-2-4-6-9/h9-11H,1-8H2. The molecule has 0 atom stereocenters. The number of rotatable bonds is 1. The molecule has 4 heteroatoms. The Balaban J connectivity index is 1.96. The van der Waals surface area contributed by atoms with Crippen LogP contribution in [-0.2, 0) is 0 Å². The van der Waals surface area contributed by atoms with Gasteiger partial charge in [0.15, 0.2) is 0 Å². The van der Waals surface area contributed by atoms with Crippen molar-refractivity contribution in [2.75, 3.05) is 11.5 Å². The summed E-state index contributed by atoms with van der Waals surface area (Å²) in [7, 11) is 0. The molecule has 0 aromatic carbocycles. The van der Waals surface area contributed by atoms with Crippen molar-refractivity contribution in [3.8, 4) is 0 Å². The van der Waals surface area contributed by atoms with E-state index < -0.39 is 4.87 Å². The molecular weight excluding hydrogens is 235 g/mol. The van der Waals surface area contributed by atoms with Gasteiger partial charge in [-0.25, -0.2) is 0 Å². The number of hydrogen-bond acceptors (Lipinski definition) is 3. The average molecular weight is 254 g/mol. The Labute approximate surface area is 95.4 Å². The minimum atomic E-state index is -1.19. The quantitative estimate of drug-likeness (QED) is 0.412. The van der Waals surface area contributed by atoms with E-state index in [2.05, 4.69) is 22.8 Å². The zero-order valence-corrected chi connectivity index (χ0v) is 11.5. The van der Waals surface area contributed by atoms with Crippen molar-refractivity contribution < 1.29 is 0 Å². The van der Waals surface area contributed by atoms with Gasteiger partial charge in [-0.05, 0) is 0 Å². The van der Waals surface area contributed by atoms with Crippen molar-refractivity contribution in [3.05, 3.63) is 0 Å². The molecule has 2 aliphatic rings. The minimum absolute atomic E-state index is 1.01. The van der Waals surface area contributed by atoms with Crippen LogP contribution >= 0.6 is 39.9 Å². The summed E-state index contributed by atoms with van der Waals surface area (Å²) < 4.78 is 0. The van der Waals surface area contributed by atoms with E-state index in [1.807, 2.05) is 0 Å². The predicted octanol–water partition coefficient (Wildman–Crippen LogP) is 4.61. The topological polar surface area (TPSA) is 0 Å². The molecule has 0 nitrogen and oxygen atoms in total. The van der Waals surface area contributed by atoms with E-state index in [1.54, 1.807) is 0 Å². The molecule has 0 N–H and O–H groups in total. The molecule has 0 aromatic rings. The molecule has 1 aliphatic heterocycles. The van der Waals surface area contributed by atoms with Crippen molar-refractivity contribution in [2.24, 2.45) is 0 Å². The van der Waals surface area contributed by atoms with E-state index in [-0.39, 0.29) is 0 Å². The Morgan fingerprint density at radius 2 is 1.46 bits per heavy atom. The van der Waals surface area contributed by atoms with E-state index in [9.17, 15) is 0 Å². The second-order valence-electron chi connectivity index (χ2n) is 4.02. The first-order chi connectivity index (χ1) is 6.31. The zero-order chi connectivity index (χ0) is 9.15. The van der Waals surface area contributed by atoms with Crippen LogP contribution in [0.2, 0.25) is 0 Å². The first-order valence-electron chi connectivity index (χ1n) is 5.31. The van der Waals surface area contributed by atoms with Crippen LogP contribution in [0.4, 0.5) is 0 Å². The van der Waals surface area contributed by atoms with Gasteiger partial charge in [-0.2, -0.15) is 0 Å². The van der Waals surface area contributed by atoms with Gasteiger partial charge in [0, 0.05) is 0 Å². The van der Waals surface area contributed by atoms with Gasteiger partial charge in [-0.15, -0.1) is 0 Å². The van der Waals surface area contributed by atoms with Gasteiger partial charge < -0.3 is 0 Å². The van der Waals surface area contributed by atoms with Gasteiger partial charge in [0.2, 0.25) is 0 Å². The monoisotopic (exact) mass is 254 g/mol. The third-order valence-corrected chi connectivity index (χ3v) is 17.8. The molecule has 1 aliphatic carbocycles. The molecule has 1 heterocycles. The summed E-state index contributed by atoms with van der Waals surface area (Å²) in [5.41, 5.74) is 1.01. The molecule has 13 heavy (non-hydrogen) atoms. The van der Waals surface area contributed by atoms with Crippen LogP contribution in [0.15, 0.2) is 0 Å². The van der Waals surface area contributed by atoms with Crippen LogP contribution in [0.1, 0.15) is 38.5 Å². The van der Waals surface area contributed by atoms with E-state index in [0.717, 1.165) is 5.66 Å². The Morgan fingerprint density at radius 1 is 0.923 bits per heavy atom. The van der Waals surface area contributed by atoms with Gasteiger partial charge in [0.1, 0.15) is 0 Å². The Bertz CT molecular complexity index is 160.